The summed E-state index contributed by atoms with van der Waals surface area (Å²) in [6.45, 7) is 0.555. The topological polar surface area (TPSA) is 82.8 Å². The van der Waals surface area contributed by atoms with E-state index in [2.05, 4.69) is 5.32 Å². The van der Waals surface area contributed by atoms with E-state index in [1.54, 1.807) is 41.1 Å². The molecule has 0 spiro atoms. The summed E-state index contributed by atoms with van der Waals surface area (Å²) in [5, 5.41) is 12.4. The Kier molecular flexibility index (Phi) is 5.49. The summed E-state index contributed by atoms with van der Waals surface area (Å²) in [4.78, 5) is 28.1. The van der Waals surface area contributed by atoms with Gasteiger partial charge in [0.25, 0.3) is 5.91 Å². The minimum absolute atomic E-state index is 0.0206. The normalized spacial score (nSPS) is 20.2. The van der Waals surface area contributed by atoms with Crippen LogP contribution in [0, 0.1) is 0 Å². The molecule has 32 heavy (non-hydrogen) atoms. The Bertz CT molecular complexity index is 1170. The number of fused-ring (bicyclic) bond motifs is 2. The lowest BCUT2D eigenvalue weighted by molar-refractivity contribution is -0.119. The Morgan fingerprint density at radius 3 is 2.66 bits per heavy atom. The molecule has 2 atom stereocenters. The molecule has 6 nitrogen and oxygen atoms in total. The molecule has 5 rings (SSSR count). The van der Waals surface area contributed by atoms with Crippen LogP contribution in [0.3, 0.4) is 0 Å². The summed E-state index contributed by atoms with van der Waals surface area (Å²) in [7, 11) is 0. The van der Waals surface area contributed by atoms with Crippen LogP contribution in [0.2, 0.25) is 0 Å². The number of anilines is 1. The minimum Gasteiger partial charge on any atom is -0.508 e. The first kappa shape index (κ1) is 20.5. The van der Waals surface area contributed by atoms with Crippen molar-refractivity contribution in [3.05, 3.63) is 83.3 Å². The number of hydrogen-bond donors (Lipinski definition) is 2. The molecule has 1 fully saturated rings. The van der Waals surface area contributed by atoms with Gasteiger partial charge in [0.15, 0.2) is 0 Å². The van der Waals surface area contributed by atoms with Crippen molar-refractivity contribution in [2.24, 2.45) is 0 Å². The van der Waals surface area contributed by atoms with Gasteiger partial charge >= 0.3 is 0 Å². The van der Waals surface area contributed by atoms with E-state index >= 15 is 0 Å². The Morgan fingerprint density at radius 2 is 1.88 bits per heavy atom. The molecule has 2 aromatic carbocycles. The monoisotopic (exact) mass is 446 g/mol. The second kappa shape index (κ2) is 8.59. The number of nitrogens with zero attached hydrogens (tertiary/aromatic N) is 1. The highest BCUT2D eigenvalue weighted by Gasteiger charge is 2.44. The summed E-state index contributed by atoms with van der Waals surface area (Å²) in [5.41, 5.74) is 2.85. The van der Waals surface area contributed by atoms with Crippen LogP contribution < -0.4 is 5.32 Å². The molecule has 2 aliphatic heterocycles. The van der Waals surface area contributed by atoms with Crippen LogP contribution in [-0.2, 0) is 10.5 Å². The number of aromatic hydroxyl groups is 1. The van der Waals surface area contributed by atoms with E-state index in [1.807, 2.05) is 48.6 Å². The molecule has 2 amide bonds. The highest BCUT2D eigenvalue weighted by molar-refractivity contribution is 7.99. The third-order valence-electron chi connectivity index (χ3n) is 5.78. The van der Waals surface area contributed by atoms with Crippen LogP contribution in [-0.4, -0.2) is 39.7 Å². The van der Waals surface area contributed by atoms with Crippen molar-refractivity contribution in [2.75, 3.05) is 11.9 Å². The summed E-state index contributed by atoms with van der Waals surface area (Å²) < 4.78 is 5.41. The number of phenolic OH excluding ortho intramolecular Hbond substituents is 1. The molecule has 1 saturated heterocycles. The summed E-state index contributed by atoms with van der Waals surface area (Å²) >= 11 is 1.65. The first-order valence-corrected chi connectivity index (χ1v) is 11.5. The van der Waals surface area contributed by atoms with Crippen LogP contribution in [0.25, 0.3) is 12.2 Å². The van der Waals surface area contributed by atoms with Gasteiger partial charge in [-0.1, -0.05) is 30.4 Å². The van der Waals surface area contributed by atoms with Gasteiger partial charge in [-0.15, -0.1) is 11.8 Å². The van der Waals surface area contributed by atoms with E-state index in [9.17, 15) is 14.7 Å². The standard InChI is InChI=1S/C25H22N2O4S/c28-18-8-5-16(6-9-18)3-4-17-7-10-21-20(14-17)25(30)27-12-11-22(23(27)24(29)26-21)32-15-19-2-1-13-31-19/h1-10,13-14,22-23,28H,11-12,15H2,(H,26,29)/b4-3+/t22-,23-/m0/s1. The first-order valence-electron chi connectivity index (χ1n) is 10.5. The van der Waals surface area contributed by atoms with E-state index in [1.165, 1.54) is 0 Å². The average molecular weight is 447 g/mol. The van der Waals surface area contributed by atoms with E-state index in [4.69, 9.17) is 4.42 Å². The van der Waals surface area contributed by atoms with Crippen LogP contribution in [0.15, 0.2) is 65.3 Å². The quantitative estimate of drug-likeness (QED) is 0.559. The molecule has 2 aliphatic rings. The fourth-order valence-corrected chi connectivity index (χ4v) is 5.42. The van der Waals surface area contributed by atoms with Gasteiger partial charge in [-0.05, 0) is 53.9 Å². The summed E-state index contributed by atoms with van der Waals surface area (Å²) in [6, 6.07) is 15.6. The number of rotatable bonds is 5. The maximum absolute atomic E-state index is 13.4. The predicted octanol–water partition coefficient (Wildman–Crippen LogP) is 4.62. The SMILES string of the molecule is O=C1Nc2ccc(/C=C/c3ccc(O)cc3)cc2C(=O)N2CC[C@H](SCc3ccco3)[C@@H]12. The lowest BCUT2D eigenvalue weighted by Crippen LogP contribution is -2.44. The second-order valence-corrected chi connectivity index (χ2v) is 9.11. The second-order valence-electron chi connectivity index (χ2n) is 7.88. The van der Waals surface area contributed by atoms with Crippen molar-refractivity contribution in [2.45, 2.75) is 23.5 Å². The molecule has 0 radical (unpaired) electrons. The fourth-order valence-electron chi connectivity index (χ4n) is 4.15. The maximum atomic E-state index is 13.4. The zero-order valence-corrected chi connectivity index (χ0v) is 18.0. The Hall–Kier alpha value is -3.45. The average Bonchev–Trinajstić information content (AvgIpc) is 3.45. The molecule has 3 aromatic rings. The molecular formula is C25H22N2O4S. The van der Waals surface area contributed by atoms with Gasteiger partial charge in [-0.2, -0.15) is 0 Å². The zero-order chi connectivity index (χ0) is 22.1. The van der Waals surface area contributed by atoms with E-state index < -0.39 is 6.04 Å². The molecule has 3 heterocycles. The van der Waals surface area contributed by atoms with E-state index in [-0.39, 0.29) is 22.8 Å². The number of hydrogen-bond acceptors (Lipinski definition) is 5. The van der Waals surface area contributed by atoms with Crippen LogP contribution >= 0.6 is 11.8 Å². The van der Waals surface area contributed by atoms with E-state index in [0.29, 0.717) is 23.5 Å². The summed E-state index contributed by atoms with van der Waals surface area (Å²) in [6.07, 6.45) is 6.24. The number of benzene rings is 2. The summed E-state index contributed by atoms with van der Waals surface area (Å²) in [5.74, 6) is 1.49. The van der Waals surface area contributed by atoms with Crippen LogP contribution in [0.5, 0.6) is 5.75 Å². The van der Waals surface area contributed by atoms with Gasteiger partial charge in [0, 0.05) is 11.8 Å². The van der Waals surface area contributed by atoms with Crippen molar-refractivity contribution in [3.63, 3.8) is 0 Å². The number of amides is 2. The third kappa shape index (κ3) is 4.03. The lowest BCUT2D eigenvalue weighted by Gasteiger charge is -2.24. The first-order chi connectivity index (χ1) is 15.6. The van der Waals surface area contributed by atoms with Crippen LogP contribution in [0.1, 0.15) is 33.7 Å². The highest BCUT2D eigenvalue weighted by Crippen LogP contribution is 2.36. The lowest BCUT2D eigenvalue weighted by atomic mass is 10.1. The molecule has 2 N–H and O–H groups in total. The molecule has 0 unspecified atom stereocenters. The largest absolute Gasteiger partial charge is 0.508 e. The Balaban J connectivity index is 1.36. The van der Waals surface area contributed by atoms with Crippen LogP contribution in [0.4, 0.5) is 5.69 Å². The molecular weight excluding hydrogens is 424 g/mol. The minimum atomic E-state index is -0.495. The zero-order valence-electron chi connectivity index (χ0n) is 17.2. The smallest absolute Gasteiger partial charge is 0.256 e. The van der Waals surface area contributed by atoms with Gasteiger partial charge in [0.1, 0.15) is 17.6 Å². The van der Waals surface area contributed by atoms with Gasteiger partial charge in [-0.3, -0.25) is 9.59 Å². The maximum Gasteiger partial charge on any atom is 0.256 e. The van der Waals surface area contributed by atoms with Crippen molar-refractivity contribution in [1.29, 1.82) is 0 Å². The van der Waals surface area contributed by atoms with Crippen molar-refractivity contribution >= 4 is 41.4 Å². The van der Waals surface area contributed by atoms with Crippen molar-refractivity contribution in [3.8, 4) is 5.75 Å². The van der Waals surface area contributed by atoms with Crippen molar-refractivity contribution < 1.29 is 19.1 Å². The molecule has 7 heteroatoms. The number of carbonyl (C=O) groups is 2. The molecule has 1 aromatic heterocycles. The Labute approximate surface area is 189 Å². The molecule has 0 aliphatic carbocycles. The Morgan fingerprint density at radius 1 is 1.09 bits per heavy atom. The van der Waals surface area contributed by atoms with Gasteiger partial charge in [-0.25, -0.2) is 0 Å². The highest BCUT2D eigenvalue weighted by atomic mass is 32.2. The van der Waals surface area contributed by atoms with Gasteiger partial charge in [0.2, 0.25) is 5.91 Å². The molecule has 0 saturated carbocycles. The third-order valence-corrected chi connectivity index (χ3v) is 7.16. The number of thioether (sulfide) groups is 1. The fraction of sp³-hybridized carbons (Fsp3) is 0.200. The van der Waals surface area contributed by atoms with Gasteiger partial charge < -0.3 is 19.7 Å². The molecule has 0 bridgehead atoms. The number of carbonyl (C=O) groups excluding carboxylic acids is 2. The van der Waals surface area contributed by atoms with Crippen molar-refractivity contribution in [1.82, 2.24) is 4.90 Å². The predicted molar refractivity (Wildman–Crippen MR) is 125 cm³/mol. The van der Waals surface area contributed by atoms with Gasteiger partial charge in [0.05, 0.1) is 23.3 Å². The number of nitrogens with one attached hydrogen (secondary N) is 1. The number of phenols is 1. The van der Waals surface area contributed by atoms with E-state index in [0.717, 1.165) is 23.3 Å². The molecule has 162 valence electrons. The number of furan rings is 1.